The van der Waals surface area contributed by atoms with Crippen LogP contribution in [-0.2, 0) is 4.74 Å². The maximum Gasteiger partial charge on any atom is 0.0576 e. The molecule has 0 saturated carbocycles. The number of aryl methyl sites for hydroxylation is 1. The third kappa shape index (κ3) is 3.80. The smallest absolute Gasteiger partial charge is 0.0576 e. The zero-order valence-corrected chi connectivity index (χ0v) is 11.7. The maximum absolute atomic E-state index is 5.70. The van der Waals surface area contributed by atoms with Crippen molar-refractivity contribution >= 4 is 11.3 Å². The minimum Gasteiger partial charge on any atom is -0.378 e. The second-order valence-corrected chi connectivity index (χ2v) is 5.93. The molecule has 2 unspecified atom stereocenters. The second kappa shape index (κ2) is 6.53. The molecule has 1 aromatic heterocycles. The van der Waals surface area contributed by atoms with Gasteiger partial charge in [0.2, 0.25) is 0 Å². The molecule has 1 aliphatic rings. The highest BCUT2D eigenvalue weighted by Crippen LogP contribution is 2.26. The molecule has 2 heterocycles. The average molecular weight is 253 g/mol. The average Bonchev–Trinajstić information content (AvgIpc) is 2.95. The Morgan fingerprint density at radius 1 is 1.59 bits per heavy atom. The van der Waals surface area contributed by atoms with E-state index in [1.807, 2.05) is 11.3 Å². The molecule has 17 heavy (non-hydrogen) atoms. The lowest BCUT2D eigenvalue weighted by atomic mass is 10.0. The van der Waals surface area contributed by atoms with Crippen LogP contribution in [-0.4, -0.2) is 19.3 Å². The summed E-state index contributed by atoms with van der Waals surface area (Å²) in [5.41, 5.74) is 1.45. The fraction of sp³-hybridized carbons (Fsp3) is 0.714. The van der Waals surface area contributed by atoms with E-state index >= 15 is 0 Å². The Hall–Kier alpha value is -0.380. The van der Waals surface area contributed by atoms with E-state index in [-0.39, 0.29) is 0 Å². The van der Waals surface area contributed by atoms with Crippen molar-refractivity contribution in [3.8, 4) is 0 Å². The van der Waals surface area contributed by atoms with Crippen LogP contribution in [0.1, 0.15) is 49.1 Å². The van der Waals surface area contributed by atoms with Gasteiger partial charge in [0.25, 0.3) is 0 Å². The predicted molar refractivity (Wildman–Crippen MR) is 73.7 cm³/mol. The van der Waals surface area contributed by atoms with Gasteiger partial charge in [0, 0.05) is 17.5 Å². The highest BCUT2D eigenvalue weighted by atomic mass is 32.1. The molecule has 0 aliphatic carbocycles. The molecular weight excluding hydrogens is 230 g/mol. The molecule has 96 valence electrons. The predicted octanol–water partition coefficient (Wildman–Crippen LogP) is 3.67. The molecule has 3 heteroatoms. The van der Waals surface area contributed by atoms with Crippen LogP contribution in [0.5, 0.6) is 0 Å². The van der Waals surface area contributed by atoms with Gasteiger partial charge in [-0.15, -0.1) is 11.3 Å². The van der Waals surface area contributed by atoms with E-state index in [1.165, 1.54) is 36.1 Å². The van der Waals surface area contributed by atoms with Gasteiger partial charge in [-0.05, 0) is 56.2 Å². The molecule has 2 rings (SSSR count). The van der Waals surface area contributed by atoms with E-state index in [1.54, 1.807) is 0 Å². The van der Waals surface area contributed by atoms with Gasteiger partial charge >= 0.3 is 0 Å². The molecule has 0 radical (unpaired) electrons. The number of thiophene rings is 1. The lowest BCUT2D eigenvalue weighted by Gasteiger charge is -2.18. The van der Waals surface area contributed by atoms with Crippen LogP contribution in [0.4, 0.5) is 0 Å². The fourth-order valence-electron chi connectivity index (χ4n) is 2.50. The van der Waals surface area contributed by atoms with Gasteiger partial charge in [0.05, 0.1) is 6.10 Å². The second-order valence-electron chi connectivity index (χ2n) is 4.81. The molecule has 1 aliphatic heterocycles. The van der Waals surface area contributed by atoms with Crippen LogP contribution in [0, 0.1) is 6.92 Å². The summed E-state index contributed by atoms with van der Waals surface area (Å²) in [7, 11) is 0. The van der Waals surface area contributed by atoms with Crippen LogP contribution in [0.25, 0.3) is 0 Å². The number of rotatable bonds is 6. The topological polar surface area (TPSA) is 21.3 Å². The highest BCUT2D eigenvalue weighted by molar-refractivity contribution is 7.10. The Morgan fingerprint density at radius 2 is 2.47 bits per heavy atom. The van der Waals surface area contributed by atoms with Crippen LogP contribution in [0.15, 0.2) is 11.4 Å². The lowest BCUT2D eigenvalue weighted by molar-refractivity contribution is 0.0996. The molecular formula is C14H23NOS. The van der Waals surface area contributed by atoms with Crippen molar-refractivity contribution in [1.29, 1.82) is 0 Å². The van der Waals surface area contributed by atoms with Gasteiger partial charge in [-0.1, -0.05) is 6.92 Å². The van der Waals surface area contributed by atoms with Gasteiger partial charge in [-0.25, -0.2) is 0 Å². The molecule has 0 spiro atoms. The van der Waals surface area contributed by atoms with Crippen molar-refractivity contribution in [2.24, 2.45) is 0 Å². The number of hydrogen-bond acceptors (Lipinski definition) is 3. The summed E-state index contributed by atoms with van der Waals surface area (Å²) in [5, 5.41) is 5.88. The summed E-state index contributed by atoms with van der Waals surface area (Å²) in [6.07, 6.45) is 5.38. The van der Waals surface area contributed by atoms with Crippen molar-refractivity contribution in [3.63, 3.8) is 0 Å². The first-order valence-corrected chi connectivity index (χ1v) is 7.57. The monoisotopic (exact) mass is 253 g/mol. The fourth-order valence-corrected chi connectivity index (χ4v) is 3.26. The molecule has 2 atom stereocenters. The van der Waals surface area contributed by atoms with Gasteiger partial charge in [0.1, 0.15) is 0 Å². The Morgan fingerprint density at radius 3 is 3.06 bits per heavy atom. The standard InChI is InChI=1S/C14H23NOS/c1-3-15-14(12-9-11(2)17-10-12)7-6-13-5-4-8-16-13/h9-10,13-15H,3-8H2,1-2H3. The summed E-state index contributed by atoms with van der Waals surface area (Å²) in [4.78, 5) is 1.40. The van der Waals surface area contributed by atoms with Gasteiger partial charge in [-0.2, -0.15) is 0 Å². The minimum atomic E-state index is 0.508. The number of ether oxygens (including phenoxy) is 1. The van der Waals surface area contributed by atoms with Crippen LogP contribution < -0.4 is 5.32 Å². The van der Waals surface area contributed by atoms with E-state index in [4.69, 9.17) is 4.74 Å². The number of nitrogens with one attached hydrogen (secondary N) is 1. The Balaban J connectivity index is 1.87. The molecule has 0 bridgehead atoms. The summed E-state index contributed by atoms with van der Waals surface area (Å²) >= 11 is 1.85. The largest absolute Gasteiger partial charge is 0.378 e. The molecule has 1 N–H and O–H groups in total. The summed E-state index contributed by atoms with van der Waals surface area (Å²) in [5.74, 6) is 0. The summed E-state index contributed by atoms with van der Waals surface area (Å²) in [6, 6.07) is 2.82. The summed E-state index contributed by atoms with van der Waals surface area (Å²) in [6.45, 7) is 6.36. The lowest BCUT2D eigenvalue weighted by Crippen LogP contribution is -2.22. The summed E-state index contributed by atoms with van der Waals surface area (Å²) < 4.78 is 5.70. The van der Waals surface area contributed by atoms with E-state index in [0.29, 0.717) is 12.1 Å². The van der Waals surface area contributed by atoms with Crippen LogP contribution >= 0.6 is 11.3 Å². The minimum absolute atomic E-state index is 0.508. The molecule has 1 fully saturated rings. The van der Waals surface area contributed by atoms with Crippen LogP contribution in [0.2, 0.25) is 0 Å². The van der Waals surface area contributed by atoms with Crippen molar-refractivity contribution in [1.82, 2.24) is 5.32 Å². The van der Waals surface area contributed by atoms with Crippen molar-refractivity contribution in [2.45, 2.75) is 51.7 Å². The highest BCUT2D eigenvalue weighted by Gasteiger charge is 2.18. The SMILES string of the molecule is CCNC(CCC1CCCO1)c1csc(C)c1. The third-order valence-electron chi connectivity index (χ3n) is 3.41. The molecule has 1 saturated heterocycles. The molecule has 0 aromatic carbocycles. The van der Waals surface area contributed by atoms with Crippen molar-refractivity contribution in [3.05, 3.63) is 21.9 Å². The van der Waals surface area contributed by atoms with Crippen molar-refractivity contribution in [2.75, 3.05) is 13.2 Å². The first-order valence-electron chi connectivity index (χ1n) is 6.69. The van der Waals surface area contributed by atoms with Crippen LogP contribution in [0.3, 0.4) is 0 Å². The molecule has 1 aromatic rings. The Labute approximate surface area is 108 Å². The van der Waals surface area contributed by atoms with Gasteiger partial charge in [-0.3, -0.25) is 0 Å². The molecule has 0 amide bonds. The third-order valence-corrected chi connectivity index (χ3v) is 4.28. The van der Waals surface area contributed by atoms with E-state index < -0.39 is 0 Å². The van der Waals surface area contributed by atoms with Gasteiger partial charge in [0.15, 0.2) is 0 Å². The normalized spacial score (nSPS) is 21.9. The van der Waals surface area contributed by atoms with Gasteiger partial charge < -0.3 is 10.1 Å². The van der Waals surface area contributed by atoms with Crippen molar-refractivity contribution < 1.29 is 4.74 Å². The van der Waals surface area contributed by atoms with E-state index in [2.05, 4.69) is 30.6 Å². The van der Waals surface area contributed by atoms with E-state index in [0.717, 1.165) is 13.2 Å². The zero-order valence-electron chi connectivity index (χ0n) is 10.9. The van der Waals surface area contributed by atoms with E-state index in [9.17, 15) is 0 Å². The quantitative estimate of drug-likeness (QED) is 0.835. The Kier molecular flexibility index (Phi) is 5.01. The number of hydrogen-bond donors (Lipinski definition) is 1. The first-order chi connectivity index (χ1) is 8.29. The maximum atomic E-state index is 5.70. The first kappa shape index (κ1) is 13.1. The molecule has 2 nitrogen and oxygen atoms in total. The zero-order chi connectivity index (χ0) is 12.1. The Bertz CT molecular complexity index is 331.